The summed E-state index contributed by atoms with van der Waals surface area (Å²) in [7, 11) is -9.39. The molecule has 3 aromatic carbocycles. The van der Waals surface area contributed by atoms with E-state index in [0.717, 1.165) is 23.8 Å². The van der Waals surface area contributed by atoms with Crippen LogP contribution in [0.4, 0.5) is 0 Å². The summed E-state index contributed by atoms with van der Waals surface area (Å²) in [5.41, 5.74) is -0.701. The van der Waals surface area contributed by atoms with Gasteiger partial charge in [0.25, 0.3) is 10.1 Å². The van der Waals surface area contributed by atoms with Gasteiger partial charge >= 0.3 is 16.1 Å². The Hall–Kier alpha value is -3.12. The molecule has 3 aromatic rings. The van der Waals surface area contributed by atoms with Crippen LogP contribution in [0, 0.1) is 6.92 Å². The first-order valence-electron chi connectivity index (χ1n) is 9.97. The minimum absolute atomic E-state index is 0.221. The quantitative estimate of drug-likeness (QED) is 0.190. The molecule has 1 N–H and O–H groups in total. The molecule has 9 nitrogen and oxygen atoms in total. The summed E-state index contributed by atoms with van der Waals surface area (Å²) in [6.07, 6.45) is 0. The molecule has 0 saturated heterocycles. The van der Waals surface area contributed by atoms with Gasteiger partial charge in [-0.05, 0) is 69.3 Å². The first-order chi connectivity index (χ1) is 16.2. The lowest BCUT2D eigenvalue weighted by Crippen LogP contribution is -2.41. The SMILES string of the molecule is Cc1ccc(S(=O)(=O)Oc2ccc(OC(=O)C(C)(C)Oc3ccc(Cl)cc3)cc2S(=O)(=O)O)cc1. The molecule has 0 amide bonds. The predicted octanol–water partition coefficient (Wildman–Crippen LogP) is 4.43. The smallest absolute Gasteiger partial charge is 0.355 e. The molecule has 186 valence electrons. The molecule has 35 heavy (non-hydrogen) atoms. The summed E-state index contributed by atoms with van der Waals surface area (Å²) in [5.74, 6) is -1.53. The summed E-state index contributed by atoms with van der Waals surface area (Å²) in [4.78, 5) is 11.6. The monoisotopic (exact) mass is 540 g/mol. The molecule has 0 aromatic heterocycles. The number of carbonyl (C=O) groups is 1. The van der Waals surface area contributed by atoms with Gasteiger partial charge in [0.15, 0.2) is 5.75 Å². The Morgan fingerprint density at radius 2 is 1.46 bits per heavy atom. The number of benzene rings is 3. The third-order valence-corrected chi connectivity index (χ3v) is 6.97. The van der Waals surface area contributed by atoms with E-state index in [1.165, 1.54) is 38.1 Å². The van der Waals surface area contributed by atoms with E-state index in [2.05, 4.69) is 0 Å². The van der Waals surface area contributed by atoms with Crippen LogP contribution in [0.25, 0.3) is 0 Å². The second kappa shape index (κ2) is 9.86. The van der Waals surface area contributed by atoms with Crippen molar-refractivity contribution in [3.63, 3.8) is 0 Å². The fourth-order valence-corrected chi connectivity index (χ4v) is 4.52. The Kier molecular flexibility index (Phi) is 7.46. The lowest BCUT2D eigenvalue weighted by molar-refractivity contribution is -0.149. The van der Waals surface area contributed by atoms with Crippen molar-refractivity contribution in [1.82, 2.24) is 0 Å². The van der Waals surface area contributed by atoms with Gasteiger partial charge < -0.3 is 13.7 Å². The Labute approximate surface area is 208 Å². The third kappa shape index (κ3) is 6.73. The van der Waals surface area contributed by atoms with Gasteiger partial charge in [0.1, 0.15) is 21.3 Å². The van der Waals surface area contributed by atoms with Gasteiger partial charge in [0.05, 0.1) is 0 Å². The maximum Gasteiger partial charge on any atom is 0.355 e. The summed E-state index contributed by atoms with van der Waals surface area (Å²) < 4.78 is 74.4. The largest absolute Gasteiger partial charge is 0.476 e. The molecule has 3 rings (SSSR count). The summed E-state index contributed by atoms with van der Waals surface area (Å²) in [6.45, 7) is 4.62. The number of hydrogen-bond donors (Lipinski definition) is 1. The van der Waals surface area contributed by atoms with Crippen molar-refractivity contribution in [3.8, 4) is 17.2 Å². The molecule has 0 unspecified atom stereocenters. The Bertz CT molecular complexity index is 1450. The highest BCUT2D eigenvalue weighted by atomic mass is 35.5. The van der Waals surface area contributed by atoms with Crippen molar-refractivity contribution >= 4 is 37.8 Å². The normalized spacial score (nSPS) is 12.1. The van der Waals surface area contributed by atoms with Gasteiger partial charge in [-0.2, -0.15) is 16.8 Å². The van der Waals surface area contributed by atoms with Crippen molar-refractivity contribution in [3.05, 3.63) is 77.3 Å². The molecule has 0 atom stereocenters. The van der Waals surface area contributed by atoms with Crippen molar-refractivity contribution in [1.29, 1.82) is 0 Å². The fourth-order valence-electron chi connectivity index (χ4n) is 2.76. The highest BCUT2D eigenvalue weighted by Crippen LogP contribution is 2.32. The van der Waals surface area contributed by atoms with Crippen LogP contribution in [0.1, 0.15) is 19.4 Å². The molecule has 0 fully saturated rings. The Morgan fingerprint density at radius 3 is 2.03 bits per heavy atom. The van der Waals surface area contributed by atoms with E-state index < -0.39 is 42.5 Å². The van der Waals surface area contributed by atoms with E-state index in [4.69, 9.17) is 25.3 Å². The molecule has 0 aliphatic carbocycles. The van der Waals surface area contributed by atoms with Gasteiger partial charge in [0.2, 0.25) is 5.60 Å². The topological polar surface area (TPSA) is 133 Å². The summed E-state index contributed by atoms with van der Waals surface area (Å²) in [5, 5.41) is 0.474. The minimum atomic E-state index is -4.97. The first-order valence-corrected chi connectivity index (χ1v) is 13.2. The summed E-state index contributed by atoms with van der Waals surface area (Å²) in [6, 6.07) is 14.7. The van der Waals surface area contributed by atoms with Crippen molar-refractivity contribution < 1.29 is 39.8 Å². The van der Waals surface area contributed by atoms with Crippen molar-refractivity contribution in [2.45, 2.75) is 36.2 Å². The van der Waals surface area contributed by atoms with Crippen LogP contribution >= 0.6 is 11.6 Å². The molecular formula is C23H21ClO9S2. The van der Waals surface area contributed by atoms with Crippen LogP contribution in [-0.4, -0.2) is 33.0 Å². The van der Waals surface area contributed by atoms with E-state index in [-0.39, 0.29) is 10.6 Å². The molecule has 12 heteroatoms. The van der Waals surface area contributed by atoms with Crippen LogP contribution in [0.15, 0.2) is 76.5 Å². The van der Waals surface area contributed by atoms with Crippen LogP contribution in [0.3, 0.4) is 0 Å². The molecule has 0 saturated carbocycles. The molecule has 0 radical (unpaired) electrons. The average molecular weight is 541 g/mol. The number of ether oxygens (including phenoxy) is 2. The second-order valence-electron chi connectivity index (χ2n) is 7.89. The number of carbonyl (C=O) groups excluding carboxylic acids is 1. The zero-order valence-corrected chi connectivity index (χ0v) is 21.1. The Balaban J connectivity index is 1.86. The standard InChI is InChI=1S/C23H21ClO9S2/c1-15-4-11-19(12-5-15)35(29,30)33-20-13-10-18(14-21(20)34(26,27)28)31-22(25)23(2,3)32-17-8-6-16(24)7-9-17/h4-14H,1-3H3,(H,26,27,28). The number of esters is 1. The van der Waals surface area contributed by atoms with E-state index >= 15 is 0 Å². The zero-order chi connectivity index (χ0) is 26.0. The van der Waals surface area contributed by atoms with E-state index in [1.807, 2.05) is 0 Å². The van der Waals surface area contributed by atoms with Gasteiger partial charge in [-0.1, -0.05) is 29.3 Å². The lowest BCUT2D eigenvalue weighted by Gasteiger charge is -2.24. The van der Waals surface area contributed by atoms with Crippen LogP contribution in [0.2, 0.25) is 5.02 Å². The van der Waals surface area contributed by atoms with Crippen molar-refractivity contribution in [2.75, 3.05) is 0 Å². The van der Waals surface area contributed by atoms with Crippen LogP contribution in [0.5, 0.6) is 17.2 Å². The third-order valence-electron chi connectivity index (χ3n) is 4.59. The maximum absolute atomic E-state index is 12.7. The van der Waals surface area contributed by atoms with E-state index in [1.54, 1.807) is 31.2 Å². The molecule has 0 spiro atoms. The highest BCUT2D eigenvalue weighted by molar-refractivity contribution is 7.87. The van der Waals surface area contributed by atoms with Crippen LogP contribution < -0.4 is 13.7 Å². The second-order valence-corrected chi connectivity index (χ2v) is 11.3. The summed E-state index contributed by atoms with van der Waals surface area (Å²) >= 11 is 5.83. The van der Waals surface area contributed by atoms with E-state index in [9.17, 15) is 26.2 Å². The zero-order valence-electron chi connectivity index (χ0n) is 18.8. The van der Waals surface area contributed by atoms with Gasteiger partial charge in [-0.25, -0.2) is 4.79 Å². The lowest BCUT2D eigenvalue weighted by atomic mass is 10.1. The van der Waals surface area contributed by atoms with E-state index in [0.29, 0.717) is 10.8 Å². The molecule has 0 aliphatic rings. The molecule has 0 bridgehead atoms. The first kappa shape index (κ1) is 26.5. The van der Waals surface area contributed by atoms with Gasteiger partial charge in [0, 0.05) is 11.1 Å². The number of hydrogen-bond acceptors (Lipinski definition) is 8. The number of rotatable bonds is 8. The predicted molar refractivity (Wildman–Crippen MR) is 127 cm³/mol. The van der Waals surface area contributed by atoms with Gasteiger partial charge in [-0.3, -0.25) is 4.55 Å². The number of aryl methyl sites for hydroxylation is 1. The Morgan fingerprint density at radius 1 is 0.886 bits per heavy atom. The molecule has 0 heterocycles. The number of halogens is 1. The van der Waals surface area contributed by atoms with Gasteiger partial charge in [-0.15, -0.1) is 0 Å². The van der Waals surface area contributed by atoms with Crippen LogP contribution in [-0.2, 0) is 25.0 Å². The molecule has 0 aliphatic heterocycles. The average Bonchev–Trinajstić information content (AvgIpc) is 2.75. The maximum atomic E-state index is 12.7. The minimum Gasteiger partial charge on any atom is -0.476 e. The molecular weight excluding hydrogens is 520 g/mol. The fraction of sp³-hybridized carbons (Fsp3) is 0.174. The van der Waals surface area contributed by atoms with Crippen molar-refractivity contribution in [2.24, 2.45) is 0 Å². The highest BCUT2D eigenvalue weighted by Gasteiger charge is 2.33.